The van der Waals surface area contributed by atoms with Crippen LogP contribution in [0.4, 0.5) is 0 Å². The Bertz CT molecular complexity index is 1540. The molecule has 0 spiro atoms. The lowest BCUT2D eigenvalue weighted by Gasteiger charge is -2.33. The first-order valence-electron chi connectivity index (χ1n) is 19.9. The molecule has 4 rings (SSSR count). The number of unbranched alkanes of at least 4 members (excludes halogenated alkanes) is 1. The minimum Gasteiger partial charge on any atom is -0.344 e. The fraction of sp³-hybridized carbons (Fsp3) is 0.667. The standard InChI is InChI=1S/C42H61N5O6/c1-7-14-30(40(51)36(50)21-28(6)29-15-9-8-10-16-29)22-35(49)39-33-19-13-17-31(33)24-47(39)42(53)38(27(4)5)45-41(52)34(26(2)3)23-32(48)18-11-12-20-37-43-25-44-46-37/h8-10,15-16,25-28,30-31,33-34,38-39H,7,11-14,17-24H2,1-6H3,(H,45,52)(H,43,44,46)/t28-,30?,31-,33-,34+,38-,39-/m0/s1. The fourth-order valence-electron chi connectivity index (χ4n) is 8.39. The molecule has 2 heterocycles. The Morgan fingerprint density at radius 1 is 0.925 bits per heavy atom. The first-order chi connectivity index (χ1) is 25.3. The van der Waals surface area contributed by atoms with Crippen LogP contribution in [0.3, 0.4) is 0 Å². The molecule has 1 saturated carbocycles. The first kappa shape index (κ1) is 41.7. The molecule has 2 fully saturated rings. The number of hydrogen-bond donors (Lipinski definition) is 2. The summed E-state index contributed by atoms with van der Waals surface area (Å²) in [5.41, 5.74) is 0.984. The number of carbonyl (C=O) groups excluding carboxylic acids is 6. The Hall–Kier alpha value is -4.02. The van der Waals surface area contributed by atoms with Gasteiger partial charge in [-0.15, -0.1) is 0 Å². The molecule has 1 aliphatic carbocycles. The summed E-state index contributed by atoms with van der Waals surface area (Å²) in [5.74, 6) is -2.65. The average molecular weight is 732 g/mol. The lowest BCUT2D eigenvalue weighted by Crippen LogP contribution is -2.56. The molecule has 2 aromatic rings. The Morgan fingerprint density at radius 3 is 2.30 bits per heavy atom. The number of nitrogens with one attached hydrogen (secondary N) is 2. The van der Waals surface area contributed by atoms with Gasteiger partial charge in [0.2, 0.25) is 17.6 Å². The van der Waals surface area contributed by atoms with E-state index in [1.54, 1.807) is 4.90 Å². The molecular weight excluding hydrogens is 670 g/mol. The van der Waals surface area contributed by atoms with Crippen LogP contribution in [-0.2, 0) is 35.2 Å². The van der Waals surface area contributed by atoms with Gasteiger partial charge >= 0.3 is 0 Å². The molecule has 1 aliphatic heterocycles. The topological polar surface area (TPSA) is 159 Å². The number of fused-ring (bicyclic) bond motifs is 1. The van der Waals surface area contributed by atoms with E-state index in [1.165, 1.54) is 6.33 Å². The molecule has 1 saturated heterocycles. The smallest absolute Gasteiger partial charge is 0.246 e. The summed E-state index contributed by atoms with van der Waals surface area (Å²) in [4.78, 5) is 88.1. The number of carbonyl (C=O) groups is 6. The van der Waals surface area contributed by atoms with E-state index >= 15 is 0 Å². The average Bonchev–Trinajstić information content (AvgIpc) is 3.89. The van der Waals surface area contributed by atoms with Crippen molar-refractivity contribution in [3.63, 3.8) is 0 Å². The maximum atomic E-state index is 14.4. The number of hydrogen-bond acceptors (Lipinski definition) is 8. The van der Waals surface area contributed by atoms with E-state index < -0.39 is 35.5 Å². The number of amides is 2. The maximum absolute atomic E-state index is 14.4. The number of aromatic amines is 1. The van der Waals surface area contributed by atoms with E-state index in [-0.39, 0.29) is 72.2 Å². The Kier molecular flexibility index (Phi) is 15.7. The highest BCUT2D eigenvalue weighted by Crippen LogP contribution is 2.43. The minimum atomic E-state index is -0.871. The van der Waals surface area contributed by atoms with Crippen molar-refractivity contribution in [1.82, 2.24) is 25.4 Å². The summed E-state index contributed by atoms with van der Waals surface area (Å²) in [6, 6.07) is 8.05. The van der Waals surface area contributed by atoms with Gasteiger partial charge < -0.3 is 10.2 Å². The zero-order valence-corrected chi connectivity index (χ0v) is 32.6. The second kappa shape index (κ2) is 19.9. The van der Waals surface area contributed by atoms with Crippen molar-refractivity contribution in [3.05, 3.63) is 48.0 Å². The first-order valence-corrected chi connectivity index (χ1v) is 19.9. The molecule has 53 heavy (non-hydrogen) atoms. The van der Waals surface area contributed by atoms with Crippen LogP contribution < -0.4 is 5.32 Å². The monoisotopic (exact) mass is 731 g/mol. The predicted molar refractivity (Wildman–Crippen MR) is 203 cm³/mol. The van der Waals surface area contributed by atoms with Gasteiger partial charge in [-0.3, -0.25) is 33.9 Å². The lowest BCUT2D eigenvalue weighted by molar-refractivity contribution is -0.145. The van der Waals surface area contributed by atoms with E-state index in [4.69, 9.17) is 0 Å². The SMILES string of the molecule is CCCC(CC(=O)[C@@H]1[C@H]2CCC[C@H]2CN1C(=O)[C@@H](NC(=O)[C@H](CC(=O)CCCCc1ncn[nH]1)C(C)C)C(C)C)C(=O)C(=O)C[C@H](C)c1ccccc1. The van der Waals surface area contributed by atoms with Crippen molar-refractivity contribution in [3.8, 4) is 0 Å². The number of rotatable bonds is 22. The van der Waals surface area contributed by atoms with Gasteiger partial charge in [-0.2, -0.15) is 5.10 Å². The van der Waals surface area contributed by atoms with Crippen LogP contribution in [0.15, 0.2) is 36.7 Å². The van der Waals surface area contributed by atoms with Crippen LogP contribution in [0.1, 0.15) is 129 Å². The van der Waals surface area contributed by atoms with Crippen LogP contribution in [0.25, 0.3) is 0 Å². The van der Waals surface area contributed by atoms with Crippen molar-refractivity contribution in [2.45, 2.75) is 137 Å². The van der Waals surface area contributed by atoms with Crippen molar-refractivity contribution in [1.29, 1.82) is 0 Å². The molecule has 2 aliphatic rings. The Balaban J connectivity index is 1.42. The van der Waals surface area contributed by atoms with Gasteiger partial charge in [-0.1, -0.05) is 84.7 Å². The summed E-state index contributed by atoms with van der Waals surface area (Å²) in [6.07, 6.45) is 7.84. The molecule has 290 valence electrons. The lowest BCUT2D eigenvalue weighted by atomic mass is 9.83. The number of ketones is 4. The molecule has 2 amide bonds. The second-order valence-corrected chi connectivity index (χ2v) is 16.2. The molecule has 2 N–H and O–H groups in total. The van der Waals surface area contributed by atoms with Crippen molar-refractivity contribution < 1.29 is 28.8 Å². The summed E-state index contributed by atoms with van der Waals surface area (Å²) < 4.78 is 0. The highest BCUT2D eigenvalue weighted by atomic mass is 16.2. The molecular formula is C42H61N5O6. The van der Waals surface area contributed by atoms with Crippen molar-refractivity contribution in [2.75, 3.05) is 6.54 Å². The van der Waals surface area contributed by atoms with Crippen molar-refractivity contribution >= 4 is 34.9 Å². The number of H-pyrrole nitrogens is 1. The Morgan fingerprint density at radius 2 is 1.66 bits per heavy atom. The van der Waals surface area contributed by atoms with Gasteiger partial charge in [-0.25, -0.2) is 4.98 Å². The van der Waals surface area contributed by atoms with Crippen LogP contribution in [-0.4, -0.2) is 73.7 Å². The van der Waals surface area contributed by atoms with Crippen LogP contribution in [0.5, 0.6) is 0 Å². The molecule has 1 unspecified atom stereocenters. The van der Waals surface area contributed by atoms with Gasteiger partial charge in [0.25, 0.3) is 0 Å². The molecule has 0 radical (unpaired) electrons. The van der Waals surface area contributed by atoms with Crippen LogP contribution >= 0.6 is 0 Å². The van der Waals surface area contributed by atoms with Gasteiger partial charge in [0, 0.05) is 50.5 Å². The van der Waals surface area contributed by atoms with Gasteiger partial charge in [0.05, 0.1) is 6.04 Å². The molecule has 11 nitrogen and oxygen atoms in total. The molecule has 1 aromatic carbocycles. The highest BCUT2D eigenvalue weighted by Gasteiger charge is 2.51. The number of benzene rings is 1. The summed E-state index contributed by atoms with van der Waals surface area (Å²) in [5, 5.41) is 9.67. The highest BCUT2D eigenvalue weighted by molar-refractivity contribution is 6.38. The zero-order valence-electron chi connectivity index (χ0n) is 32.6. The second-order valence-electron chi connectivity index (χ2n) is 16.2. The quantitative estimate of drug-likeness (QED) is 0.107. The molecule has 7 atom stereocenters. The van der Waals surface area contributed by atoms with E-state index in [9.17, 15) is 28.8 Å². The molecule has 0 bridgehead atoms. The van der Waals surface area contributed by atoms with Gasteiger partial charge in [0.1, 0.15) is 24.0 Å². The number of aryl methyl sites for hydroxylation is 1. The third-order valence-electron chi connectivity index (χ3n) is 11.5. The zero-order chi connectivity index (χ0) is 38.7. The minimum absolute atomic E-state index is 0.00561. The third-order valence-corrected chi connectivity index (χ3v) is 11.5. The van der Waals surface area contributed by atoms with Crippen LogP contribution in [0, 0.1) is 35.5 Å². The fourth-order valence-corrected chi connectivity index (χ4v) is 8.39. The summed E-state index contributed by atoms with van der Waals surface area (Å²) in [6.45, 7) is 11.9. The van der Waals surface area contributed by atoms with Crippen LogP contribution in [0.2, 0.25) is 0 Å². The number of nitrogens with zero attached hydrogens (tertiary/aromatic N) is 3. The predicted octanol–water partition coefficient (Wildman–Crippen LogP) is 6.22. The summed E-state index contributed by atoms with van der Waals surface area (Å²) in [7, 11) is 0. The maximum Gasteiger partial charge on any atom is 0.246 e. The largest absolute Gasteiger partial charge is 0.344 e. The van der Waals surface area contributed by atoms with Gasteiger partial charge in [0.15, 0.2) is 11.6 Å². The normalized spacial score (nSPS) is 20.5. The van der Waals surface area contributed by atoms with E-state index in [2.05, 4.69) is 20.5 Å². The summed E-state index contributed by atoms with van der Waals surface area (Å²) >= 11 is 0. The number of Topliss-reactive ketones (excluding diaryl/α,β-unsaturated/α-hetero) is 4. The van der Waals surface area contributed by atoms with Crippen molar-refractivity contribution in [2.24, 2.45) is 35.5 Å². The molecule has 1 aromatic heterocycles. The van der Waals surface area contributed by atoms with E-state index in [1.807, 2.05) is 71.9 Å². The van der Waals surface area contributed by atoms with E-state index in [0.717, 1.165) is 37.1 Å². The number of aromatic nitrogens is 3. The third kappa shape index (κ3) is 11.2. The number of likely N-dealkylation sites (tertiary alicyclic amines) is 1. The van der Waals surface area contributed by atoms with Gasteiger partial charge in [-0.05, 0) is 67.3 Å². The Labute approximate surface area is 315 Å². The van der Waals surface area contributed by atoms with E-state index in [0.29, 0.717) is 38.6 Å². The molecule has 11 heteroatoms.